The molecule has 5 nitrogen and oxygen atoms in total. The van der Waals surface area contributed by atoms with Crippen molar-refractivity contribution in [1.82, 2.24) is 10.3 Å². The number of sulfone groups is 1. The summed E-state index contributed by atoms with van der Waals surface area (Å²) in [5.74, 6) is -0.811. The van der Waals surface area contributed by atoms with Crippen molar-refractivity contribution in [3.05, 3.63) is 24.4 Å². The molecular formula is C12H18N2O3S. The standard InChI is InChI=1S/C12H18N2O3S/c1-9(2)10(3)14-11(15)8-18(16,17)12-6-4-5-7-13-12/h4-7,9-10H,8H2,1-3H3,(H,14,15). The van der Waals surface area contributed by atoms with Crippen LogP contribution in [0.5, 0.6) is 0 Å². The van der Waals surface area contributed by atoms with Crippen molar-refractivity contribution in [2.45, 2.75) is 31.8 Å². The molecule has 0 saturated heterocycles. The predicted octanol–water partition coefficient (Wildman–Crippen LogP) is 1.02. The van der Waals surface area contributed by atoms with Crippen molar-refractivity contribution in [2.24, 2.45) is 5.92 Å². The molecule has 6 heteroatoms. The number of pyridine rings is 1. The summed E-state index contributed by atoms with van der Waals surface area (Å²) in [6, 6.07) is 4.53. The lowest BCUT2D eigenvalue weighted by atomic mass is 10.1. The lowest BCUT2D eigenvalue weighted by Crippen LogP contribution is -2.39. The van der Waals surface area contributed by atoms with Crippen LogP contribution in [0.4, 0.5) is 0 Å². The first-order valence-corrected chi connectivity index (χ1v) is 7.41. The highest BCUT2D eigenvalue weighted by atomic mass is 32.2. The van der Waals surface area contributed by atoms with Crippen molar-refractivity contribution in [1.29, 1.82) is 0 Å². The molecule has 1 aromatic heterocycles. The molecule has 100 valence electrons. The summed E-state index contributed by atoms with van der Waals surface area (Å²) in [6.07, 6.45) is 1.39. The summed E-state index contributed by atoms with van der Waals surface area (Å²) in [4.78, 5) is 15.4. The maximum Gasteiger partial charge on any atom is 0.235 e. The molecule has 0 aliphatic carbocycles. The molecule has 0 aliphatic rings. The van der Waals surface area contributed by atoms with Gasteiger partial charge >= 0.3 is 0 Å². The maximum atomic E-state index is 11.9. The number of amides is 1. The highest BCUT2D eigenvalue weighted by Gasteiger charge is 2.21. The Morgan fingerprint density at radius 3 is 2.50 bits per heavy atom. The van der Waals surface area contributed by atoms with E-state index < -0.39 is 21.5 Å². The van der Waals surface area contributed by atoms with Crippen LogP contribution in [-0.4, -0.2) is 31.1 Å². The van der Waals surface area contributed by atoms with E-state index in [1.807, 2.05) is 20.8 Å². The van der Waals surface area contributed by atoms with Gasteiger partial charge in [0.15, 0.2) is 5.03 Å². The van der Waals surface area contributed by atoms with E-state index in [-0.39, 0.29) is 17.0 Å². The Labute approximate surface area is 108 Å². The Morgan fingerprint density at radius 2 is 2.00 bits per heavy atom. The first-order valence-electron chi connectivity index (χ1n) is 5.76. The van der Waals surface area contributed by atoms with Gasteiger partial charge in [-0.15, -0.1) is 0 Å². The monoisotopic (exact) mass is 270 g/mol. The lowest BCUT2D eigenvalue weighted by molar-refractivity contribution is -0.119. The smallest absolute Gasteiger partial charge is 0.235 e. The predicted molar refractivity (Wildman–Crippen MR) is 68.7 cm³/mol. The number of rotatable bonds is 5. The van der Waals surface area contributed by atoms with Crippen LogP contribution < -0.4 is 5.32 Å². The molecule has 0 fully saturated rings. The average Bonchev–Trinajstić information content (AvgIpc) is 2.29. The van der Waals surface area contributed by atoms with E-state index in [4.69, 9.17) is 0 Å². The molecule has 1 aromatic rings. The third kappa shape index (κ3) is 4.10. The van der Waals surface area contributed by atoms with Crippen molar-refractivity contribution in [3.63, 3.8) is 0 Å². The molecule has 1 rings (SSSR count). The zero-order valence-corrected chi connectivity index (χ0v) is 11.6. The van der Waals surface area contributed by atoms with Gasteiger partial charge in [-0.05, 0) is 25.0 Å². The topological polar surface area (TPSA) is 76.1 Å². The Bertz CT molecular complexity index is 497. The summed E-state index contributed by atoms with van der Waals surface area (Å²) in [5.41, 5.74) is 0. The van der Waals surface area contributed by atoms with E-state index in [1.165, 1.54) is 12.3 Å². The number of nitrogens with zero attached hydrogens (tertiary/aromatic N) is 1. The van der Waals surface area contributed by atoms with Gasteiger partial charge in [0.2, 0.25) is 15.7 Å². The van der Waals surface area contributed by atoms with Gasteiger partial charge in [-0.3, -0.25) is 4.79 Å². The van der Waals surface area contributed by atoms with E-state index in [9.17, 15) is 13.2 Å². The highest BCUT2D eigenvalue weighted by Crippen LogP contribution is 2.07. The summed E-state index contributed by atoms with van der Waals surface area (Å²) in [6.45, 7) is 5.76. The largest absolute Gasteiger partial charge is 0.353 e. The third-order valence-electron chi connectivity index (χ3n) is 2.67. The summed E-state index contributed by atoms with van der Waals surface area (Å²) in [5, 5.41) is 2.59. The minimum atomic E-state index is -3.65. The molecule has 1 unspecified atom stereocenters. The Hall–Kier alpha value is -1.43. The second kappa shape index (κ2) is 5.95. The van der Waals surface area contributed by atoms with Crippen molar-refractivity contribution in [2.75, 3.05) is 5.75 Å². The second-order valence-electron chi connectivity index (χ2n) is 4.53. The molecule has 1 N–H and O–H groups in total. The Balaban J connectivity index is 2.70. The molecule has 0 aliphatic heterocycles. The zero-order valence-electron chi connectivity index (χ0n) is 10.8. The fourth-order valence-electron chi connectivity index (χ4n) is 1.24. The van der Waals surface area contributed by atoms with Crippen LogP contribution in [0.25, 0.3) is 0 Å². The van der Waals surface area contributed by atoms with Crippen LogP contribution in [0.1, 0.15) is 20.8 Å². The minimum Gasteiger partial charge on any atom is -0.353 e. The van der Waals surface area contributed by atoms with Crippen LogP contribution in [0.2, 0.25) is 0 Å². The van der Waals surface area contributed by atoms with E-state index in [2.05, 4.69) is 10.3 Å². The molecule has 0 aromatic carbocycles. The van der Waals surface area contributed by atoms with Crippen LogP contribution in [0.15, 0.2) is 29.4 Å². The maximum absolute atomic E-state index is 11.9. The molecule has 0 bridgehead atoms. The SMILES string of the molecule is CC(C)C(C)NC(=O)CS(=O)(=O)c1ccccn1. The second-order valence-corrected chi connectivity index (χ2v) is 6.46. The van der Waals surface area contributed by atoms with Gasteiger partial charge in [0, 0.05) is 12.2 Å². The van der Waals surface area contributed by atoms with Crippen LogP contribution in [0, 0.1) is 5.92 Å². The molecule has 1 atom stereocenters. The number of hydrogen-bond donors (Lipinski definition) is 1. The zero-order chi connectivity index (χ0) is 13.8. The number of carbonyl (C=O) groups excluding carboxylic acids is 1. The van der Waals surface area contributed by atoms with Gasteiger partial charge in [0.05, 0.1) is 0 Å². The Kier molecular flexibility index (Phi) is 4.84. The number of nitrogens with one attached hydrogen (secondary N) is 1. The summed E-state index contributed by atoms with van der Waals surface area (Å²) in [7, 11) is -3.65. The summed E-state index contributed by atoms with van der Waals surface area (Å²) < 4.78 is 23.7. The lowest BCUT2D eigenvalue weighted by Gasteiger charge is -2.17. The van der Waals surface area contributed by atoms with E-state index in [0.717, 1.165) is 0 Å². The minimum absolute atomic E-state index is 0.0589. The van der Waals surface area contributed by atoms with Gasteiger partial charge in [0.1, 0.15) is 5.75 Å². The molecular weight excluding hydrogens is 252 g/mol. The highest BCUT2D eigenvalue weighted by molar-refractivity contribution is 7.92. The molecule has 1 amide bonds. The fraction of sp³-hybridized carbons (Fsp3) is 0.500. The van der Waals surface area contributed by atoms with Gasteiger partial charge in [-0.1, -0.05) is 19.9 Å². The molecule has 0 spiro atoms. The van der Waals surface area contributed by atoms with Crippen LogP contribution in [-0.2, 0) is 14.6 Å². The average molecular weight is 270 g/mol. The van der Waals surface area contributed by atoms with Gasteiger partial charge in [-0.25, -0.2) is 13.4 Å². The number of carbonyl (C=O) groups is 1. The summed E-state index contributed by atoms with van der Waals surface area (Å²) >= 11 is 0. The molecule has 0 radical (unpaired) electrons. The van der Waals surface area contributed by atoms with E-state index in [1.54, 1.807) is 12.1 Å². The van der Waals surface area contributed by atoms with Crippen molar-refractivity contribution < 1.29 is 13.2 Å². The molecule has 1 heterocycles. The third-order valence-corrected chi connectivity index (χ3v) is 4.19. The molecule has 0 saturated carbocycles. The molecule has 18 heavy (non-hydrogen) atoms. The fourth-order valence-corrected chi connectivity index (χ4v) is 2.32. The first kappa shape index (κ1) is 14.6. The van der Waals surface area contributed by atoms with Crippen LogP contribution in [0.3, 0.4) is 0 Å². The Morgan fingerprint density at radius 1 is 1.33 bits per heavy atom. The number of hydrogen-bond acceptors (Lipinski definition) is 4. The quantitative estimate of drug-likeness (QED) is 0.866. The van der Waals surface area contributed by atoms with Crippen molar-refractivity contribution >= 4 is 15.7 Å². The van der Waals surface area contributed by atoms with Gasteiger partial charge in [-0.2, -0.15) is 0 Å². The number of aromatic nitrogens is 1. The van der Waals surface area contributed by atoms with E-state index >= 15 is 0 Å². The normalized spacial score (nSPS) is 13.3. The van der Waals surface area contributed by atoms with Gasteiger partial charge in [0.25, 0.3) is 0 Å². The van der Waals surface area contributed by atoms with Crippen LogP contribution >= 0.6 is 0 Å². The first-order chi connectivity index (χ1) is 8.33. The van der Waals surface area contributed by atoms with Crippen molar-refractivity contribution in [3.8, 4) is 0 Å². The van der Waals surface area contributed by atoms with E-state index in [0.29, 0.717) is 0 Å². The van der Waals surface area contributed by atoms with Gasteiger partial charge < -0.3 is 5.32 Å².